The molecule has 1 aromatic heterocycles. The van der Waals surface area contributed by atoms with Gasteiger partial charge in [0.15, 0.2) is 5.82 Å². The van der Waals surface area contributed by atoms with Crippen LogP contribution < -0.4 is 5.32 Å². The Morgan fingerprint density at radius 1 is 1.40 bits per heavy atom. The number of tetrazole rings is 1. The summed E-state index contributed by atoms with van der Waals surface area (Å²) in [5.74, 6) is 1.67. The second-order valence-corrected chi connectivity index (χ2v) is 6.42. The second kappa shape index (κ2) is 6.18. The Bertz CT molecular complexity index is 419. The van der Waals surface area contributed by atoms with Crippen molar-refractivity contribution in [1.29, 1.82) is 0 Å². The molecule has 1 aliphatic rings. The summed E-state index contributed by atoms with van der Waals surface area (Å²) >= 11 is 0. The molecule has 1 atom stereocenters. The number of nitrogens with one attached hydrogen (secondary N) is 1. The zero-order chi connectivity index (χ0) is 14.8. The second-order valence-electron chi connectivity index (χ2n) is 6.42. The molecule has 0 amide bonds. The molecule has 1 aromatic rings. The molecule has 20 heavy (non-hydrogen) atoms. The summed E-state index contributed by atoms with van der Waals surface area (Å²) in [7, 11) is 8.26. The topological polar surface area (TPSA) is 58.9 Å². The van der Waals surface area contributed by atoms with Gasteiger partial charge in [-0.25, -0.2) is 0 Å². The molecular weight excluding hydrogens is 252 g/mol. The standard InChI is InChI=1S/C14H28N6/c1-11-6-8-14(9-7-11,19(3)4)12(15-2)10-13-16-18-20(5)17-13/h11-12,15H,6-10H2,1-5H3. The van der Waals surface area contributed by atoms with E-state index in [-0.39, 0.29) is 5.54 Å². The molecule has 0 saturated heterocycles. The van der Waals surface area contributed by atoms with Crippen LogP contribution in [0, 0.1) is 5.92 Å². The molecule has 6 heteroatoms. The zero-order valence-corrected chi connectivity index (χ0v) is 13.4. The van der Waals surface area contributed by atoms with E-state index >= 15 is 0 Å². The fraction of sp³-hybridized carbons (Fsp3) is 0.929. The van der Waals surface area contributed by atoms with Crippen molar-refractivity contribution >= 4 is 0 Å². The van der Waals surface area contributed by atoms with Gasteiger partial charge >= 0.3 is 0 Å². The molecular formula is C14H28N6. The Kier molecular flexibility index (Phi) is 4.75. The Labute approximate surface area is 121 Å². The van der Waals surface area contributed by atoms with Gasteiger partial charge in [-0.15, -0.1) is 10.2 Å². The van der Waals surface area contributed by atoms with E-state index in [0.717, 1.165) is 18.2 Å². The Balaban J connectivity index is 2.17. The molecule has 0 radical (unpaired) electrons. The van der Waals surface area contributed by atoms with E-state index in [1.54, 1.807) is 0 Å². The highest BCUT2D eigenvalue weighted by Crippen LogP contribution is 2.38. The molecule has 1 N–H and O–H groups in total. The van der Waals surface area contributed by atoms with Crippen molar-refractivity contribution in [3.63, 3.8) is 0 Å². The first-order chi connectivity index (χ1) is 9.48. The van der Waals surface area contributed by atoms with E-state index in [1.165, 1.54) is 30.5 Å². The number of nitrogens with zero attached hydrogens (tertiary/aromatic N) is 5. The van der Waals surface area contributed by atoms with Gasteiger partial charge in [-0.1, -0.05) is 6.92 Å². The van der Waals surface area contributed by atoms with Crippen molar-refractivity contribution in [2.75, 3.05) is 21.1 Å². The first-order valence-corrected chi connectivity index (χ1v) is 7.55. The zero-order valence-electron chi connectivity index (χ0n) is 13.4. The number of aryl methyl sites for hydroxylation is 1. The minimum atomic E-state index is 0.195. The lowest BCUT2D eigenvalue weighted by atomic mass is 9.71. The van der Waals surface area contributed by atoms with Gasteiger partial charge in [0.2, 0.25) is 0 Å². The summed E-state index contributed by atoms with van der Waals surface area (Å²) in [6.07, 6.45) is 5.88. The van der Waals surface area contributed by atoms with Crippen molar-refractivity contribution in [2.24, 2.45) is 13.0 Å². The van der Waals surface area contributed by atoms with Crippen LogP contribution in [0.25, 0.3) is 0 Å². The quantitative estimate of drug-likeness (QED) is 0.866. The number of likely N-dealkylation sites (N-methyl/N-ethyl adjacent to an activating group) is 2. The smallest absolute Gasteiger partial charge is 0.176 e. The number of hydrogen-bond acceptors (Lipinski definition) is 5. The Morgan fingerprint density at radius 3 is 2.50 bits per heavy atom. The maximum atomic E-state index is 4.33. The van der Waals surface area contributed by atoms with Gasteiger partial charge in [0.25, 0.3) is 0 Å². The van der Waals surface area contributed by atoms with Crippen LogP contribution in [0.1, 0.15) is 38.4 Å². The molecule has 2 rings (SSSR count). The van der Waals surface area contributed by atoms with Crippen LogP contribution in [-0.4, -0.2) is 57.8 Å². The highest BCUT2D eigenvalue weighted by Gasteiger charge is 2.42. The maximum absolute atomic E-state index is 4.33. The van der Waals surface area contributed by atoms with Crippen molar-refractivity contribution in [3.8, 4) is 0 Å². The van der Waals surface area contributed by atoms with Crippen molar-refractivity contribution in [3.05, 3.63) is 5.82 Å². The van der Waals surface area contributed by atoms with Gasteiger partial charge in [0.1, 0.15) is 0 Å². The highest BCUT2D eigenvalue weighted by molar-refractivity contribution is 5.04. The SMILES string of the molecule is CNC(Cc1nnn(C)n1)C1(N(C)C)CCC(C)CC1. The average Bonchev–Trinajstić information content (AvgIpc) is 2.82. The van der Waals surface area contributed by atoms with Gasteiger partial charge < -0.3 is 10.2 Å². The van der Waals surface area contributed by atoms with Gasteiger partial charge in [-0.3, -0.25) is 0 Å². The van der Waals surface area contributed by atoms with E-state index in [1.807, 2.05) is 14.1 Å². The van der Waals surface area contributed by atoms with Gasteiger partial charge in [0, 0.05) is 18.0 Å². The third kappa shape index (κ3) is 3.01. The van der Waals surface area contributed by atoms with Crippen molar-refractivity contribution in [1.82, 2.24) is 30.4 Å². The summed E-state index contributed by atoms with van der Waals surface area (Å²) in [6.45, 7) is 2.36. The van der Waals surface area contributed by atoms with Crippen molar-refractivity contribution in [2.45, 2.75) is 50.6 Å². The lowest BCUT2D eigenvalue weighted by Crippen LogP contribution is -2.60. The third-order valence-electron chi connectivity index (χ3n) is 4.96. The molecule has 6 nitrogen and oxygen atoms in total. The molecule has 1 aliphatic carbocycles. The van der Waals surface area contributed by atoms with Crippen LogP contribution in [-0.2, 0) is 13.5 Å². The summed E-state index contributed by atoms with van der Waals surface area (Å²) < 4.78 is 0. The van der Waals surface area contributed by atoms with Gasteiger partial charge in [0.05, 0.1) is 7.05 Å². The lowest BCUT2D eigenvalue weighted by molar-refractivity contribution is 0.0454. The largest absolute Gasteiger partial charge is 0.315 e. The molecule has 0 aromatic carbocycles. The summed E-state index contributed by atoms with van der Waals surface area (Å²) in [6, 6.07) is 0.356. The van der Waals surface area contributed by atoms with Crippen LogP contribution in [0.3, 0.4) is 0 Å². The van der Waals surface area contributed by atoms with E-state index in [9.17, 15) is 0 Å². The van der Waals surface area contributed by atoms with E-state index in [0.29, 0.717) is 6.04 Å². The summed E-state index contributed by atoms with van der Waals surface area (Å²) in [5, 5.41) is 15.9. The molecule has 0 spiro atoms. The molecule has 0 aliphatic heterocycles. The van der Waals surface area contributed by atoms with Crippen molar-refractivity contribution < 1.29 is 0 Å². The first kappa shape index (κ1) is 15.4. The monoisotopic (exact) mass is 280 g/mol. The molecule has 1 heterocycles. The summed E-state index contributed by atoms with van der Waals surface area (Å²) in [4.78, 5) is 3.93. The van der Waals surface area contributed by atoms with Crippen LogP contribution in [0.15, 0.2) is 0 Å². The minimum absolute atomic E-state index is 0.195. The predicted octanol–water partition coefficient (Wildman–Crippen LogP) is 0.851. The molecule has 114 valence electrons. The minimum Gasteiger partial charge on any atom is -0.315 e. The molecule has 0 bridgehead atoms. The normalized spacial score (nSPS) is 28.8. The number of hydrogen-bond donors (Lipinski definition) is 1. The predicted molar refractivity (Wildman–Crippen MR) is 79.4 cm³/mol. The average molecular weight is 280 g/mol. The van der Waals surface area contributed by atoms with E-state index < -0.39 is 0 Å². The first-order valence-electron chi connectivity index (χ1n) is 7.55. The van der Waals surface area contributed by atoms with Gasteiger partial charge in [-0.05, 0) is 58.0 Å². The fourth-order valence-electron chi connectivity index (χ4n) is 3.52. The van der Waals surface area contributed by atoms with Crippen LogP contribution >= 0.6 is 0 Å². The Hall–Kier alpha value is -1.01. The molecule has 1 fully saturated rings. The summed E-state index contributed by atoms with van der Waals surface area (Å²) in [5.41, 5.74) is 0.195. The fourth-order valence-corrected chi connectivity index (χ4v) is 3.52. The molecule has 1 saturated carbocycles. The van der Waals surface area contributed by atoms with E-state index in [2.05, 4.69) is 46.6 Å². The number of aromatic nitrogens is 4. The van der Waals surface area contributed by atoms with Crippen LogP contribution in [0.4, 0.5) is 0 Å². The van der Waals surface area contributed by atoms with Gasteiger partial charge in [-0.2, -0.15) is 4.80 Å². The Morgan fingerprint density at radius 2 is 2.05 bits per heavy atom. The van der Waals surface area contributed by atoms with E-state index in [4.69, 9.17) is 0 Å². The molecule has 1 unspecified atom stereocenters. The lowest BCUT2D eigenvalue weighted by Gasteiger charge is -2.49. The van der Waals surface area contributed by atoms with Crippen LogP contribution in [0.5, 0.6) is 0 Å². The third-order valence-corrected chi connectivity index (χ3v) is 4.96. The van der Waals surface area contributed by atoms with Crippen LogP contribution in [0.2, 0.25) is 0 Å². The number of rotatable bonds is 5. The maximum Gasteiger partial charge on any atom is 0.176 e. The highest BCUT2D eigenvalue weighted by atomic mass is 15.6.